The van der Waals surface area contributed by atoms with E-state index in [1.54, 1.807) is 0 Å². The number of nitrogens with zero attached hydrogens (tertiary/aromatic N) is 3. The number of nitrogens with one attached hydrogen (secondary N) is 2. The van der Waals surface area contributed by atoms with Crippen molar-refractivity contribution in [3.63, 3.8) is 0 Å². The standard InChI is InChI=1S/C31H38N6O2/c1-6-18(2)29(28-19(3)13-21(5)35-31(28)39)37-17-20(4)27-24(30(32)38)14-23(15-25(27)37)22-7-8-26(34-16-22)36-11-9-33-10-12-36/h7-8,13-18,29,33H,6,9-12H2,1-5H3,(H2,32,38)(H,35,39)/t18?,29-/m0/s1. The lowest BCUT2D eigenvalue weighted by molar-refractivity contribution is 0.100. The van der Waals surface area contributed by atoms with Crippen molar-refractivity contribution in [2.45, 2.75) is 47.1 Å². The molecule has 0 aliphatic carbocycles. The van der Waals surface area contributed by atoms with Crippen molar-refractivity contribution < 1.29 is 4.79 Å². The van der Waals surface area contributed by atoms with Crippen LogP contribution in [0.15, 0.2) is 47.5 Å². The molecule has 0 spiro atoms. The molecule has 39 heavy (non-hydrogen) atoms. The van der Waals surface area contributed by atoms with Gasteiger partial charge in [0.2, 0.25) is 5.91 Å². The second-order valence-corrected chi connectivity index (χ2v) is 10.9. The van der Waals surface area contributed by atoms with Gasteiger partial charge >= 0.3 is 0 Å². The number of aryl methyl sites for hydroxylation is 3. The summed E-state index contributed by atoms with van der Waals surface area (Å²) < 4.78 is 2.17. The molecule has 3 aromatic heterocycles. The molecule has 4 N–H and O–H groups in total. The van der Waals surface area contributed by atoms with E-state index in [0.29, 0.717) is 5.56 Å². The third kappa shape index (κ3) is 4.96. The second-order valence-electron chi connectivity index (χ2n) is 10.9. The molecule has 8 heteroatoms. The van der Waals surface area contributed by atoms with Gasteiger partial charge in [-0.2, -0.15) is 0 Å². The molecule has 1 aliphatic rings. The summed E-state index contributed by atoms with van der Waals surface area (Å²) in [7, 11) is 0. The van der Waals surface area contributed by atoms with Crippen molar-refractivity contribution in [2.24, 2.45) is 11.7 Å². The van der Waals surface area contributed by atoms with E-state index in [1.165, 1.54) is 0 Å². The highest BCUT2D eigenvalue weighted by atomic mass is 16.1. The maximum atomic E-state index is 13.3. The summed E-state index contributed by atoms with van der Waals surface area (Å²) in [6, 6.07) is 9.87. The first-order valence-corrected chi connectivity index (χ1v) is 13.8. The molecule has 0 radical (unpaired) electrons. The average Bonchev–Trinajstić information content (AvgIpc) is 3.25. The van der Waals surface area contributed by atoms with E-state index >= 15 is 0 Å². The molecule has 2 atom stereocenters. The zero-order valence-corrected chi connectivity index (χ0v) is 23.5. The van der Waals surface area contributed by atoms with Gasteiger partial charge < -0.3 is 25.5 Å². The summed E-state index contributed by atoms with van der Waals surface area (Å²) >= 11 is 0. The quantitative estimate of drug-likeness (QED) is 0.329. The Kier molecular flexibility index (Phi) is 7.32. The minimum absolute atomic E-state index is 0.0729. The summed E-state index contributed by atoms with van der Waals surface area (Å²) in [5.74, 6) is 0.641. The van der Waals surface area contributed by atoms with Gasteiger partial charge in [0.05, 0.1) is 11.6 Å². The first-order valence-electron chi connectivity index (χ1n) is 13.8. The molecule has 1 aromatic carbocycles. The number of fused-ring (bicyclic) bond motifs is 1. The number of carbonyl (C=O) groups excluding carboxylic acids is 1. The van der Waals surface area contributed by atoms with Crippen LogP contribution in [-0.2, 0) is 0 Å². The molecule has 204 valence electrons. The predicted octanol–water partition coefficient (Wildman–Crippen LogP) is 4.46. The van der Waals surface area contributed by atoms with E-state index in [0.717, 1.165) is 82.8 Å². The SMILES string of the molecule is CCC(C)[C@@H](c1c(C)cc(C)[nH]c1=O)n1cc(C)c2c(C(N)=O)cc(-c3ccc(N4CCNCC4)nc3)cc21. The fourth-order valence-corrected chi connectivity index (χ4v) is 5.97. The summed E-state index contributed by atoms with van der Waals surface area (Å²) in [4.78, 5) is 36.1. The largest absolute Gasteiger partial charge is 0.366 e. The lowest BCUT2D eigenvalue weighted by Gasteiger charge is -2.28. The number of hydrogen-bond donors (Lipinski definition) is 3. The number of hydrogen-bond acceptors (Lipinski definition) is 5. The molecular formula is C31H38N6O2. The highest BCUT2D eigenvalue weighted by Gasteiger charge is 2.28. The zero-order valence-electron chi connectivity index (χ0n) is 23.5. The van der Waals surface area contributed by atoms with Crippen LogP contribution >= 0.6 is 0 Å². The van der Waals surface area contributed by atoms with Crippen molar-refractivity contribution in [2.75, 3.05) is 31.1 Å². The van der Waals surface area contributed by atoms with Gasteiger partial charge in [0, 0.05) is 66.3 Å². The molecule has 4 aromatic rings. The molecule has 1 aliphatic heterocycles. The van der Waals surface area contributed by atoms with Crippen LogP contribution < -0.4 is 21.5 Å². The maximum absolute atomic E-state index is 13.3. The molecule has 4 heterocycles. The molecule has 8 nitrogen and oxygen atoms in total. The Morgan fingerprint density at radius 1 is 1.08 bits per heavy atom. The number of anilines is 1. The third-order valence-electron chi connectivity index (χ3n) is 8.10. The molecule has 0 saturated carbocycles. The van der Waals surface area contributed by atoms with Crippen molar-refractivity contribution in [1.82, 2.24) is 19.9 Å². The highest BCUT2D eigenvalue weighted by Crippen LogP contribution is 2.37. The number of rotatable bonds is 7. The number of carbonyl (C=O) groups is 1. The number of pyridine rings is 2. The Balaban J connectivity index is 1.70. The Labute approximate surface area is 229 Å². The highest BCUT2D eigenvalue weighted by molar-refractivity contribution is 6.09. The predicted molar refractivity (Wildman–Crippen MR) is 158 cm³/mol. The van der Waals surface area contributed by atoms with E-state index in [9.17, 15) is 9.59 Å². The molecule has 5 rings (SSSR count). The van der Waals surface area contributed by atoms with Gasteiger partial charge in [-0.15, -0.1) is 0 Å². The van der Waals surface area contributed by atoms with Gasteiger partial charge in [0.1, 0.15) is 5.82 Å². The van der Waals surface area contributed by atoms with Crippen LogP contribution in [0, 0.1) is 26.7 Å². The van der Waals surface area contributed by atoms with Crippen molar-refractivity contribution >= 4 is 22.6 Å². The number of primary amides is 1. The van der Waals surface area contributed by atoms with E-state index in [1.807, 2.05) is 45.2 Å². The normalized spacial score (nSPS) is 15.5. The fraction of sp³-hybridized carbons (Fsp3) is 0.387. The van der Waals surface area contributed by atoms with Crippen molar-refractivity contribution in [1.29, 1.82) is 0 Å². The number of aromatic amines is 1. The molecule has 1 fully saturated rings. The van der Waals surface area contributed by atoms with Crippen LogP contribution in [0.3, 0.4) is 0 Å². The number of amides is 1. The van der Waals surface area contributed by atoms with Crippen LogP contribution in [0.4, 0.5) is 5.82 Å². The van der Waals surface area contributed by atoms with Gasteiger partial charge in [-0.3, -0.25) is 9.59 Å². The monoisotopic (exact) mass is 526 g/mol. The molecule has 1 amide bonds. The van der Waals surface area contributed by atoms with Crippen LogP contribution in [0.2, 0.25) is 0 Å². The summed E-state index contributed by atoms with van der Waals surface area (Å²) in [5.41, 5.74) is 12.5. The van der Waals surface area contributed by atoms with E-state index in [4.69, 9.17) is 10.7 Å². The summed E-state index contributed by atoms with van der Waals surface area (Å²) in [5, 5.41) is 4.19. The first-order chi connectivity index (χ1) is 18.7. The van der Waals surface area contributed by atoms with E-state index < -0.39 is 5.91 Å². The maximum Gasteiger partial charge on any atom is 0.253 e. The van der Waals surface area contributed by atoms with Crippen LogP contribution in [0.5, 0.6) is 0 Å². The first kappa shape index (κ1) is 26.7. The fourth-order valence-electron chi connectivity index (χ4n) is 5.97. The van der Waals surface area contributed by atoms with E-state index in [2.05, 4.69) is 51.9 Å². The number of H-pyrrole nitrogens is 1. The Morgan fingerprint density at radius 3 is 2.44 bits per heavy atom. The number of piperazine rings is 1. The molecular weight excluding hydrogens is 488 g/mol. The van der Waals surface area contributed by atoms with Crippen LogP contribution in [0.1, 0.15) is 59.1 Å². The number of nitrogens with two attached hydrogens (primary N) is 1. The van der Waals surface area contributed by atoms with Crippen LogP contribution in [0.25, 0.3) is 22.0 Å². The summed E-state index contributed by atoms with van der Waals surface area (Å²) in [6.45, 7) is 13.9. The van der Waals surface area contributed by atoms with Crippen molar-refractivity contribution in [3.8, 4) is 11.1 Å². The minimum Gasteiger partial charge on any atom is -0.366 e. The Bertz CT molecular complexity index is 1580. The van der Waals surface area contributed by atoms with Gasteiger partial charge in [0.25, 0.3) is 5.56 Å². The van der Waals surface area contributed by atoms with Crippen molar-refractivity contribution in [3.05, 3.63) is 81.0 Å². The molecule has 1 saturated heterocycles. The zero-order chi connectivity index (χ0) is 27.8. The third-order valence-corrected chi connectivity index (χ3v) is 8.10. The number of benzene rings is 1. The van der Waals surface area contributed by atoms with Crippen LogP contribution in [-0.4, -0.2) is 46.6 Å². The smallest absolute Gasteiger partial charge is 0.253 e. The van der Waals surface area contributed by atoms with E-state index in [-0.39, 0.29) is 17.5 Å². The van der Waals surface area contributed by atoms with Gasteiger partial charge in [0.15, 0.2) is 0 Å². The average molecular weight is 527 g/mol. The van der Waals surface area contributed by atoms with Gasteiger partial charge in [-0.1, -0.05) is 20.3 Å². The lowest BCUT2D eigenvalue weighted by Crippen LogP contribution is -2.43. The molecule has 0 bridgehead atoms. The molecule has 1 unspecified atom stereocenters. The van der Waals surface area contributed by atoms with Gasteiger partial charge in [-0.05, 0) is 73.7 Å². The minimum atomic E-state index is -0.474. The Hall–Kier alpha value is -3.91. The second kappa shape index (κ2) is 10.7. The Morgan fingerprint density at radius 2 is 1.82 bits per heavy atom. The topological polar surface area (TPSA) is 109 Å². The summed E-state index contributed by atoms with van der Waals surface area (Å²) in [6.07, 6.45) is 4.81. The lowest BCUT2D eigenvalue weighted by atomic mass is 9.90. The van der Waals surface area contributed by atoms with Gasteiger partial charge in [-0.25, -0.2) is 4.98 Å². The number of aromatic nitrogens is 3.